The number of hydrogen-bond donors (Lipinski definition) is 3. The number of amides is 2. The molecule has 0 heterocycles. The Hall–Kier alpha value is -1.95. The summed E-state index contributed by atoms with van der Waals surface area (Å²) in [5.41, 5.74) is 17.2. The number of nitrogens with zero attached hydrogens (tertiary/aromatic N) is 1. The van der Waals surface area contributed by atoms with Gasteiger partial charge in [0.2, 0.25) is 5.91 Å². The molecule has 0 fully saturated rings. The molecule has 2 amide bonds. The van der Waals surface area contributed by atoms with Crippen molar-refractivity contribution in [2.75, 3.05) is 23.7 Å². The summed E-state index contributed by atoms with van der Waals surface area (Å²) in [5, 5.41) is 0.265. The van der Waals surface area contributed by atoms with Crippen LogP contribution in [-0.2, 0) is 4.79 Å². The molecule has 1 rings (SSSR count). The predicted molar refractivity (Wildman–Crippen MR) is 80.6 cm³/mol. The maximum absolute atomic E-state index is 11.6. The highest BCUT2D eigenvalue weighted by Gasteiger charge is 2.21. The summed E-state index contributed by atoms with van der Waals surface area (Å²) >= 11 is 6.16. The highest BCUT2D eigenvalue weighted by molar-refractivity contribution is 6.34. The van der Waals surface area contributed by atoms with Crippen molar-refractivity contribution in [2.45, 2.75) is 13.8 Å². The van der Waals surface area contributed by atoms with Gasteiger partial charge in [-0.3, -0.25) is 9.59 Å². The Bertz CT molecular complexity index is 531. The van der Waals surface area contributed by atoms with Gasteiger partial charge in [0.15, 0.2) is 0 Å². The number of hydrogen-bond acceptors (Lipinski definition) is 4. The minimum Gasteiger partial charge on any atom is -0.399 e. The topological polar surface area (TPSA) is 115 Å². The number of rotatable bonds is 6. The number of primary amides is 2. The molecule has 0 radical (unpaired) electrons. The maximum Gasteiger partial charge on any atom is 0.250 e. The zero-order valence-electron chi connectivity index (χ0n) is 11.5. The number of nitrogens with two attached hydrogens (primary N) is 3. The normalized spacial score (nSPS) is 10.6. The quantitative estimate of drug-likeness (QED) is 0.678. The van der Waals surface area contributed by atoms with E-state index in [1.54, 1.807) is 4.90 Å². The van der Waals surface area contributed by atoms with Crippen LogP contribution in [0.4, 0.5) is 11.4 Å². The molecule has 0 saturated heterocycles. The van der Waals surface area contributed by atoms with E-state index in [0.717, 1.165) is 0 Å². The summed E-state index contributed by atoms with van der Waals surface area (Å²) < 4.78 is 0. The van der Waals surface area contributed by atoms with Crippen molar-refractivity contribution >= 4 is 34.8 Å². The third kappa shape index (κ3) is 4.03. The largest absolute Gasteiger partial charge is 0.399 e. The highest BCUT2D eigenvalue weighted by atomic mass is 35.5. The fourth-order valence-electron chi connectivity index (χ4n) is 1.99. The average Bonchev–Trinajstić information content (AvgIpc) is 2.25. The standard InChI is InChI=1S/C13H19ClN4O2/c1-7(2)5-18(6-11(16)19)12-9(13(17)20)3-8(15)4-10(12)14/h3-4,7H,5-6,15H2,1-2H3,(H2,16,19)(H2,17,20). The first-order valence-electron chi connectivity index (χ1n) is 6.14. The number of benzene rings is 1. The van der Waals surface area contributed by atoms with E-state index < -0.39 is 11.8 Å². The summed E-state index contributed by atoms with van der Waals surface area (Å²) in [6.07, 6.45) is 0. The summed E-state index contributed by atoms with van der Waals surface area (Å²) in [6.45, 7) is 4.40. The lowest BCUT2D eigenvalue weighted by atomic mass is 10.1. The Kier molecular flexibility index (Phi) is 5.21. The molecule has 0 saturated carbocycles. The monoisotopic (exact) mass is 298 g/mol. The highest BCUT2D eigenvalue weighted by Crippen LogP contribution is 2.32. The Morgan fingerprint density at radius 1 is 1.30 bits per heavy atom. The lowest BCUT2D eigenvalue weighted by molar-refractivity contribution is -0.116. The van der Waals surface area contributed by atoms with Crippen LogP contribution in [-0.4, -0.2) is 24.9 Å². The van der Waals surface area contributed by atoms with E-state index in [9.17, 15) is 9.59 Å². The molecule has 6 nitrogen and oxygen atoms in total. The van der Waals surface area contributed by atoms with Crippen molar-refractivity contribution in [3.8, 4) is 0 Å². The number of carbonyl (C=O) groups is 2. The van der Waals surface area contributed by atoms with Gasteiger partial charge in [-0.15, -0.1) is 0 Å². The van der Waals surface area contributed by atoms with E-state index in [1.807, 2.05) is 13.8 Å². The zero-order valence-corrected chi connectivity index (χ0v) is 12.3. The molecular weight excluding hydrogens is 280 g/mol. The smallest absolute Gasteiger partial charge is 0.250 e. The SMILES string of the molecule is CC(C)CN(CC(N)=O)c1c(Cl)cc(N)cc1C(N)=O. The second-order valence-electron chi connectivity index (χ2n) is 5.00. The fourth-order valence-corrected chi connectivity index (χ4v) is 2.34. The second kappa shape index (κ2) is 6.47. The van der Waals surface area contributed by atoms with Crippen molar-refractivity contribution in [2.24, 2.45) is 17.4 Å². The summed E-state index contributed by atoms with van der Waals surface area (Å²) in [4.78, 5) is 24.4. The Morgan fingerprint density at radius 3 is 2.35 bits per heavy atom. The molecule has 0 aliphatic carbocycles. The van der Waals surface area contributed by atoms with Crippen molar-refractivity contribution in [1.29, 1.82) is 0 Å². The van der Waals surface area contributed by atoms with E-state index >= 15 is 0 Å². The van der Waals surface area contributed by atoms with Crippen LogP contribution in [0.3, 0.4) is 0 Å². The molecule has 0 bridgehead atoms. The molecule has 0 aliphatic rings. The van der Waals surface area contributed by atoms with Crippen LogP contribution in [0.5, 0.6) is 0 Å². The molecule has 0 unspecified atom stereocenters. The maximum atomic E-state index is 11.6. The molecule has 0 atom stereocenters. The van der Waals surface area contributed by atoms with Gasteiger partial charge in [-0.2, -0.15) is 0 Å². The summed E-state index contributed by atoms with van der Waals surface area (Å²) in [7, 11) is 0. The molecule has 7 heteroatoms. The van der Waals surface area contributed by atoms with Gasteiger partial charge in [0, 0.05) is 12.2 Å². The van der Waals surface area contributed by atoms with E-state index in [-0.39, 0.29) is 23.0 Å². The first-order chi connectivity index (χ1) is 9.22. The van der Waals surface area contributed by atoms with E-state index in [0.29, 0.717) is 17.9 Å². The molecule has 1 aromatic rings. The van der Waals surface area contributed by atoms with Gasteiger partial charge in [0.1, 0.15) is 0 Å². The molecule has 6 N–H and O–H groups in total. The predicted octanol–water partition coefficient (Wildman–Crippen LogP) is 0.969. The molecule has 0 spiro atoms. The summed E-state index contributed by atoms with van der Waals surface area (Å²) in [5.74, 6) is -0.940. The Balaban J connectivity index is 3.37. The minimum absolute atomic E-state index is 0.0535. The van der Waals surface area contributed by atoms with Crippen molar-refractivity contribution in [1.82, 2.24) is 0 Å². The average molecular weight is 299 g/mol. The summed E-state index contributed by atoms with van der Waals surface area (Å²) in [6, 6.07) is 2.95. The van der Waals surface area contributed by atoms with E-state index in [4.69, 9.17) is 28.8 Å². The number of anilines is 2. The fraction of sp³-hybridized carbons (Fsp3) is 0.385. The number of carbonyl (C=O) groups excluding carboxylic acids is 2. The van der Waals surface area contributed by atoms with Crippen molar-refractivity contribution in [3.63, 3.8) is 0 Å². The molecule has 110 valence electrons. The number of halogens is 1. The number of nitrogen functional groups attached to an aromatic ring is 1. The van der Waals surface area contributed by atoms with Crippen LogP contribution in [0.15, 0.2) is 12.1 Å². The van der Waals surface area contributed by atoms with Gasteiger partial charge in [-0.05, 0) is 18.1 Å². The second-order valence-corrected chi connectivity index (χ2v) is 5.41. The first-order valence-corrected chi connectivity index (χ1v) is 6.52. The Labute approximate surface area is 122 Å². The molecule has 0 aliphatic heterocycles. The molecule has 1 aromatic carbocycles. The van der Waals surface area contributed by atoms with Crippen LogP contribution < -0.4 is 22.1 Å². The third-order valence-corrected chi connectivity index (χ3v) is 2.89. The van der Waals surface area contributed by atoms with Crippen LogP contribution in [0.1, 0.15) is 24.2 Å². The lowest BCUT2D eigenvalue weighted by Gasteiger charge is -2.28. The first kappa shape index (κ1) is 16.1. The van der Waals surface area contributed by atoms with Gasteiger partial charge < -0.3 is 22.1 Å². The van der Waals surface area contributed by atoms with Gasteiger partial charge in [-0.1, -0.05) is 25.4 Å². The third-order valence-electron chi connectivity index (χ3n) is 2.60. The van der Waals surface area contributed by atoms with Crippen molar-refractivity contribution < 1.29 is 9.59 Å². The van der Waals surface area contributed by atoms with Gasteiger partial charge >= 0.3 is 0 Å². The van der Waals surface area contributed by atoms with Crippen molar-refractivity contribution in [3.05, 3.63) is 22.7 Å². The van der Waals surface area contributed by atoms with Gasteiger partial charge in [0.25, 0.3) is 5.91 Å². The van der Waals surface area contributed by atoms with Crippen LogP contribution in [0.25, 0.3) is 0 Å². The van der Waals surface area contributed by atoms with E-state index in [2.05, 4.69) is 0 Å². The Morgan fingerprint density at radius 2 is 1.90 bits per heavy atom. The minimum atomic E-state index is -0.660. The zero-order chi connectivity index (χ0) is 15.4. The van der Waals surface area contributed by atoms with Gasteiger partial charge in [0.05, 0.1) is 22.8 Å². The molecular formula is C13H19ClN4O2. The molecule has 20 heavy (non-hydrogen) atoms. The lowest BCUT2D eigenvalue weighted by Crippen LogP contribution is -2.37. The van der Waals surface area contributed by atoms with Crippen LogP contribution >= 0.6 is 11.6 Å². The van der Waals surface area contributed by atoms with Crippen LogP contribution in [0.2, 0.25) is 5.02 Å². The molecule has 0 aromatic heterocycles. The van der Waals surface area contributed by atoms with Crippen LogP contribution in [0, 0.1) is 5.92 Å². The van der Waals surface area contributed by atoms with E-state index in [1.165, 1.54) is 12.1 Å². The van der Waals surface area contributed by atoms with Gasteiger partial charge in [-0.25, -0.2) is 0 Å².